The van der Waals surface area contributed by atoms with Gasteiger partial charge in [0.25, 0.3) is 0 Å². The molecule has 0 saturated carbocycles. The lowest BCUT2D eigenvalue weighted by molar-refractivity contribution is -0.153. The van der Waals surface area contributed by atoms with Gasteiger partial charge in [-0.25, -0.2) is 4.79 Å². The SMILES string of the molecule is CC1(CCCl)CC=CC(=O)O1. The predicted molar refractivity (Wildman–Crippen MR) is 43.6 cm³/mol. The van der Waals surface area contributed by atoms with Crippen LogP contribution in [0.2, 0.25) is 0 Å². The van der Waals surface area contributed by atoms with Crippen molar-refractivity contribution in [2.45, 2.75) is 25.4 Å². The standard InChI is InChI=1S/C8H11ClO2/c1-8(5-6-9)4-2-3-7(10)11-8/h2-3H,4-6H2,1H3. The Hall–Kier alpha value is -0.500. The molecule has 11 heavy (non-hydrogen) atoms. The van der Waals surface area contributed by atoms with Crippen LogP contribution in [0.25, 0.3) is 0 Å². The highest BCUT2D eigenvalue weighted by molar-refractivity contribution is 6.17. The molecule has 1 rings (SSSR count). The van der Waals surface area contributed by atoms with Crippen molar-refractivity contribution >= 4 is 17.6 Å². The minimum atomic E-state index is -0.367. The molecule has 0 amide bonds. The van der Waals surface area contributed by atoms with E-state index in [1.807, 2.05) is 13.0 Å². The highest BCUT2D eigenvalue weighted by Gasteiger charge is 2.28. The summed E-state index contributed by atoms with van der Waals surface area (Å²) >= 11 is 5.56. The fraction of sp³-hybridized carbons (Fsp3) is 0.625. The molecule has 1 unspecified atom stereocenters. The lowest BCUT2D eigenvalue weighted by Crippen LogP contribution is -2.33. The van der Waals surface area contributed by atoms with Gasteiger partial charge in [-0.1, -0.05) is 6.08 Å². The molecule has 2 nitrogen and oxygen atoms in total. The van der Waals surface area contributed by atoms with Crippen molar-refractivity contribution in [1.82, 2.24) is 0 Å². The van der Waals surface area contributed by atoms with Crippen LogP contribution in [0.4, 0.5) is 0 Å². The van der Waals surface area contributed by atoms with Crippen LogP contribution in [-0.4, -0.2) is 17.5 Å². The van der Waals surface area contributed by atoms with E-state index in [-0.39, 0.29) is 11.6 Å². The topological polar surface area (TPSA) is 26.3 Å². The third kappa shape index (κ3) is 2.22. The molecule has 1 aliphatic heterocycles. The first-order chi connectivity index (χ1) is 5.16. The maximum atomic E-state index is 10.8. The fourth-order valence-corrected chi connectivity index (χ4v) is 1.48. The van der Waals surface area contributed by atoms with Gasteiger partial charge in [-0.05, 0) is 6.92 Å². The normalized spacial score (nSPS) is 30.2. The van der Waals surface area contributed by atoms with Crippen LogP contribution in [0.15, 0.2) is 12.2 Å². The second-order valence-corrected chi connectivity index (χ2v) is 3.29. The molecule has 0 aromatic rings. The highest BCUT2D eigenvalue weighted by Crippen LogP contribution is 2.24. The lowest BCUT2D eigenvalue weighted by atomic mass is 9.97. The maximum absolute atomic E-state index is 10.8. The Morgan fingerprint density at radius 2 is 2.55 bits per heavy atom. The van der Waals surface area contributed by atoms with Gasteiger partial charge in [0.2, 0.25) is 0 Å². The molecule has 0 bridgehead atoms. The summed E-state index contributed by atoms with van der Waals surface area (Å²) in [4.78, 5) is 10.8. The van der Waals surface area contributed by atoms with E-state index in [1.54, 1.807) is 0 Å². The average molecular weight is 175 g/mol. The zero-order valence-electron chi connectivity index (χ0n) is 6.47. The number of alkyl halides is 1. The molecule has 0 saturated heterocycles. The molecule has 0 aromatic heterocycles. The first kappa shape index (κ1) is 8.60. The molecule has 1 heterocycles. The number of hydrogen-bond acceptors (Lipinski definition) is 2. The van der Waals surface area contributed by atoms with E-state index in [4.69, 9.17) is 16.3 Å². The number of carbonyl (C=O) groups excluding carboxylic acids is 1. The summed E-state index contributed by atoms with van der Waals surface area (Å²) < 4.78 is 5.10. The monoisotopic (exact) mass is 174 g/mol. The predicted octanol–water partition coefficient (Wildman–Crippen LogP) is 1.88. The molecule has 0 radical (unpaired) electrons. The van der Waals surface area contributed by atoms with Crippen molar-refractivity contribution in [3.05, 3.63) is 12.2 Å². The van der Waals surface area contributed by atoms with Crippen LogP contribution < -0.4 is 0 Å². The number of cyclic esters (lactones) is 1. The number of halogens is 1. The number of ether oxygens (including phenoxy) is 1. The van der Waals surface area contributed by atoms with Gasteiger partial charge < -0.3 is 4.74 Å². The Labute approximate surface area is 71.2 Å². The third-order valence-electron chi connectivity index (χ3n) is 1.77. The van der Waals surface area contributed by atoms with Gasteiger partial charge in [0.1, 0.15) is 5.60 Å². The average Bonchev–Trinajstić information content (AvgIpc) is 1.86. The minimum absolute atomic E-state index is 0.260. The first-order valence-corrected chi connectivity index (χ1v) is 4.15. The van der Waals surface area contributed by atoms with E-state index in [2.05, 4.69) is 0 Å². The van der Waals surface area contributed by atoms with Crippen LogP contribution >= 0.6 is 11.6 Å². The zero-order chi connectivity index (χ0) is 8.32. The number of rotatable bonds is 2. The Bertz CT molecular complexity index is 189. The van der Waals surface area contributed by atoms with Gasteiger partial charge in [0, 0.05) is 24.8 Å². The molecule has 0 spiro atoms. The van der Waals surface area contributed by atoms with Crippen molar-refractivity contribution in [3.8, 4) is 0 Å². The van der Waals surface area contributed by atoms with Crippen molar-refractivity contribution in [1.29, 1.82) is 0 Å². The van der Waals surface area contributed by atoms with Crippen molar-refractivity contribution < 1.29 is 9.53 Å². The zero-order valence-corrected chi connectivity index (χ0v) is 7.23. The van der Waals surface area contributed by atoms with E-state index in [9.17, 15) is 4.79 Å². The Kier molecular flexibility index (Phi) is 2.55. The minimum Gasteiger partial charge on any atom is -0.456 e. The highest BCUT2D eigenvalue weighted by atomic mass is 35.5. The Morgan fingerprint density at radius 3 is 3.09 bits per heavy atom. The van der Waals surface area contributed by atoms with Crippen LogP contribution in [-0.2, 0) is 9.53 Å². The molecular weight excluding hydrogens is 164 g/mol. The maximum Gasteiger partial charge on any atom is 0.330 e. The molecule has 3 heteroatoms. The second-order valence-electron chi connectivity index (χ2n) is 2.92. The summed E-state index contributed by atoms with van der Waals surface area (Å²) in [6.07, 6.45) is 4.77. The number of hydrogen-bond donors (Lipinski definition) is 0. The van der Waals surface area contributed by atoms with E-state index >= 15 is 0 Å². The van der Waals surface area contributed by atoms with E-state index in [0.29, 0.717) is 12.3 Å². The first-order valence-electron chi connectivity index (χ1n) is 3.62. The molecule has 62 valence electrons. The number of carbonyl (C=O) groups is 1. The quantitative estimate of drug-likeness (QED) is 0.472. The Morgan fingerprint density at radius 1 is 1.82 bits per heavy atom. The van der Waals surface area contributed by atoms with Gasteiger partial charge in [0.15, 0.2) is 0 Å². The van der Waals surface area contributed by atoms with Gasteiger partial charge in [-0.3, -0.25) is 0 Å². The van der Waals surface area contributed by atoms with E-state index < -0.39 is 0 Å². The van der Waals surface area contributed by atoms with Gasteiger partial charge in [0.05, 0.1) is 0 Å². The van der Waals surface area contributed by atoms with Crippen molar-refractivity contribution in [2.24, 2.45) is 0 Å². The lowest BCUT2D eigenvalue weighted by Gasteiger charge is -2.29. The third-order valence-corrected chi connectivity index (χ3v) is 1.96. The summed E-state index contributed by atoms with van der Waals surface area (Å²) in [6, 6.07) is 0. The van der Waals surface area contributed by atoms with Crippen molar-refractivity contribution in [2.75, 3.05) is 5.88 Å². The smallest absolute Gasteiger partial charge is 0.330 e. The van der Waals surface area contributed by atoms with Crippen LogP contribution in [0.1, 0.15) is 19.8 Å². The molecule has 0 fully saturated rings. The summed E-state index contributed by atoms with van der Waals surface area (Å²) in [7, 11) is 0. The van der Waals surface area contributed by atoms with Gasteiger partial charge >= 0.3 is 5.97 Å². The van der Waals surface area contributed by atoms with Crippen molar-refractivity contribution in [3.63, 3.8) is 0 Å². The molecule has 0 aromatic carbocycles. The summed E-state index contributed by atoms with van der Waals surface area (Å²) in [5.74, 6) is 0.265. The number of esters is 1. The molecule has 1 atom stereocenters. The van der Waals surface area contributed by atoms with E-state index in [0.717, 1.165) is 6.42 Å². The second kappa shape index (κ2) is 3.26. The molecule has 0 N–H and O–H groups in total. The van der Waals surface area contributed by atoms with Crippen LogP contribution in [0.3, 0.4) is 0 Å². The Balaban J connectivity index is 2.59. The fourth-order valence-electron chi connectivity index (χ4n) is 1.08. The summed E-state index contributed by atoms with van der Waals surface area (Å²) in [5.41, 5.74) is -0.367. The summed E-state index contributed by atoms with van der Waals surface area (Å²) in [6.45, 7) is 1.90. The van der Waals surface area contributed by atoms with Gasteiger partial charge in [-0.15, -0.1) is 11.6 Å². The van der Waals surface area contributed by atoms with E-state index in [1.165, 1.54) is 6.08 Å². The molecule has 1 aliphatic rings. The van der Waals surface area contributed by atoms with Crippen LogP contribution in [0, 0.1) is 0 Å². The van der Waals surface area contributed by atoms with Crippen LogP contribution in [0.5, 0.6) is 0 Å². The summed E-state index contributed by atoms with van der Waals surface area (Å²) in [5, 5.41) is 0. The largest absolute Gasteiger partial charge is 0.456 e. The molecule has 0 aliphatic carbocycles. The van der Waals surface area contributed by atoms with Gasteiger partial charge in [-0.2, -0.15) is 0 Å². The molecular formula is C8H11ClO2.